The zero-order chi connectivity index (χ0) is 15.5. The van der Waals surface area contributed by atoms with Crippen LogP contribution in [0.15, 0.2) is 42.7 Å². The molecule has 3 rings (SSSR count). The zero-order valence-corrected chi connectivity index (χ0v) is 13.2. The Bertz CT molecular complexity index is 772. The molecule has 1 N–H and O–H groups in total. The summed E-state index contributed by atoms with van der Waals surface area (Å²) < 4.78 is 1.76. The number of carbonyl (C=O) groups excluding carboxylic acids is 1. The number of aryl methyl sites for hydroxylation is 2. The lowest BCUT2D eigenvalue weighted by atomic mass is 10.2. The van der Waals surface area contributed by atoms with Gasteiger partial charge in [-0.3, -0.25) is 4.79 Å². The van der Waals surface area contributed by atoms with E-state index >= 15 is 0 Å². The molecule has 0 radical (unpaired) electrons. The number of nitrogens with zero attached hydrogens (tertiary/aromatic N) is 3. The summed E-state index contributed by atoms with van der Waals surface area (Å²) in [5.74, 6) is -0.0821. The van der Waals surface area contributed by atoms with Gasteiger partial charge in [0.05, 0.1) is 24.0 Å². The highest BCUT2D eigenvalue weighted by molar-refractivity contribution is 7.15. The average Bonchev–Trinajstić information content (AvgIpc) is 3.07. The number of carbonyl (C=O) groups is 1. The first kappa shape index (κ1) is 14.5. The fraction of sp³-hybridized carbons (Fsp3) is 0.188. The van der Waals surface area contributed by atoms with Gasteiger partial charge in [0.1, 0.15) is 0 Å². The van der Waals surface area contributed by atoms with Gasteiger partial charge in [-0.05, 0) is 31.5 Å². The maximum atomic E-state index is 12.1. The second kappa shape index (κ2) is 6.11. The van der Waals surface area contributed by atoms with E-state index in [4.69, 9.17) is 0 Å². The van der Waals surface area contributed by atoms with Gasteiger partial charge in [0.25, 0.3) is 0 Å². The standard InChI is InChI=1S/C16H16N4OS/c1-11-12(2)22-16(18-11)19-15(21)8-13-9-17-20(10-13)14-6-4-3-5-7-14/h3-7,9-10H,8H2,1-2H3,(H,18,19,21). The highest BCUT2D eigenvalue weighted by atomic mass is 32.1. The zero-order valence-electron chi connectivity index (χ0n) is 12.4. The average molecular weight is 312 g/mol. The molecule has 0 aliphatic heterocycles. The largest absolute Gasteiger partial charge is 0.302 e. The topological polar surface area (TPSA) is 59.8 Å². The normalized spacial score (nSPS) is 10.6. The van der Waals surface area contributed by atoms with E-state index in [0.717, 1.165) is 21.8 Å². The first-order valence-corrected chi connectivity index (χ1v) is 7.76. The van der Waals surface area contributed by atoms with E-state index in [0.29, 0.717) is 5.13 Å². The minimum atomic E-state index is -0.0821. The summed E-state index contributed by atoms with van der Waals surface area (Å²) in [6, 6.07) is 9.81. The van der Waals surface area contributed by atoms with E-state index in [1.165, 1.54) is 11.3 Å². The second-order valence-corrected chi connectivity index (χ2v) is 6.22. The molecular formula is C16H16N4OS. The summed E-state index contributed by atoms with van der Waals surface area (Å²) in [7, 11) is 0. The number of benzene rings is 1. The third-order valence-corrected chi connectivity index (χ3v) is 4.28. The fourth-order valence-corrected chi connectivity index (χ4v) is 2.88. The third-order valence-electron chi connectivity index (χ3n) is 3.30. The second-order valence-electron chi connectivity index (χ2n) is 5.01. The van der Waals surface area contributed by atoms with Crippen molar-refractivity contribution in [1.29, 1.82) is 0 Å². The smallest absolute Gasteiger partial charge is 0.230 e. The molecule has 2 heterocycles. The molecule has 0 unspecified atom stereocenters. The lowest BCUT2D eigenvalue weighted by Crippen LogP contribution is -2.13. The number of aromatic nitrogens is 3. The van der Waals surface area contributed by atoms with Crippen molar-refractivity contribution in [2.75, 3.05) is 5.32 Å². The van der Waals surface area contributed by atoms with Gasteiger partial charge in [-0.1, -0.05) is 18.2 Å². The molecule has 0 aliphatic rings. The molecule has 2 aromatic heterocycles. The van der Waals surface area contributed by atoms with Gasteiger partial charge in [-0.25, -0.2) is 9.67 Å². The van der Waals surface area contributed by atoms with Crippen LogP contribution in [0.5, 0.6) is 0 Å². The van der Waals surface area contributed by atoms with E-state index in [2.05, 4.69) is 15.4 Å². The van der Waals surface area contributed by atoms with Crippen LogP contribution in [-0.2, 0) is 11.2 Å². The number of hydrogen-bond acceptors (Lipinski definition) is 4. The van der Waals surface area contributed by atoms with Crippen LogP contribution in [0.25, 0.3) is 5.69 Å². The van der Waals surface area contributed by atoms with E-state index in [1.54, 1.807) is 10.9 Å². The molecule has 3 aromatic rings. The number of hydrogen-bond donors (Lipinski definition) is 1. The molecule has 1 amide bonds. The van der Waals surface area contributed by atoms with E-state index in [9.17, 15) is 4.79 Å². The Morgan fingerprint density at radius 3 is 2.73 bits per heavy atom. The van der Waals surface area contributed by atoms with Gasteiger partial charge in [0.2, 0.25) is 5.91 Å². The lowest BCUT2D eigenvalue weighted by Gasteiger charge is -2.00. The Labute approximate surface area is 132 Å². The lowest BCUT2D eigenvalue weighted by molar-refractivity contribution is -0.115. The van der Waals surface area contributed by atoms with Crippen molar-refractivity contribution in [3.05, 3.63) is 58.9 Å². The molecule has 5 nitrogen and oxygen atoms in total. The SMILES string of the molecule is Cc1nc(NC(=O)Cc2cnn(-c3ccccc3)c2)sc1C. The van der Waals surface area contributed by atoms with Crippen LogP contribution >= 0.6 is 11.3 Å². The van der Waals surface area contributed by atoms with Gasteiger partial charge in [-0.2, -0.15) is 5.10 Å². The quantitative estimate of drug-likeness (QED) is 0.805. The maximum absolute atomic E-state index is 12.1. The molecule has 0 atom stereocenters. The first-order chi connectivity index (χ1) is 10.6. The van der Waals surface area contributed by atoms with Gasteiger partial charge in [-0.15, -0.1) is 11.3 Å². The Morgan fingerprint density at radius 2 is 2.05 bits per heavy atom. The van der Waals surface area contributed by atoms with Crippen molar-refractivity contribution >= 4 is 22.4 Å². The molecule has 6 heteroatoms. The van der Waals surface area contributed by atoms with E-state index < -0.39 is 0 Å². The highest BCUT2D eigenvalue weighted by Gasteiger charge is 2.10. The molecule has 22 heavy (non-hydrogen) atoms. The predicted octanol–water partition coefficient (Wildman–Crippen LogP) is 3.13. The highest BCUT2D eigenvalue weighted by Crippen LogP contribution is 2.21. The minimum Gasteiger partial charge on any atom is -0.302 e. The number of anilines is 1. The van der Waals surface area contributed by atoms with Crippen molar-refractivity contribution < 1.29 is 4.79 Å². The molecule has 0 saturated heterocycles. The monoisotopic (exact) mass is 312 g/mol. The summed E-state index contributed by atoms with van der Waals surface area (Å²) >= 11 is 1.49. The predicted molar refractivity (Wildman–Crippen MR) is 87.5 cm³/mol. The number of amides is 1. The molecule has 0 aliphatic carbocycles. The maximum Gasteiger partial charge on any atom is 0.230 e. The number of thiazole rings is 1. The first-order valence-electron chi connectivity index (χ1n) is 6.94. The van der Waals surface area contributed by atoms with Crippen LogP contribution in [0.4, 0.5) is 5.13 Å². The van der Waals surface area contributed by atoms with E-state index in [1.807, 2.05) is 50.4 Å². The number of rotatable bonds is 4. The summed E-state index contributed by atoms with van der Waals surface area (Å²) in [5, 5.41) is 7.77. The van der Waals surface area contributed by atoms with Crippen molar-refractivity contribution in [1.82, 2.24) is 14.8 Å². The molecule has 0 fully saturated rings. The molecular weight excluding hydrogens is 296 g/mol. The minimum absolute atomic E-state index is 0.0821. The van der Waals surface area contributed by atoms with Crippen molar-refractivity contribution in [3.63, 3.8) is 0 Å². The molecule has 0 bridgehead atoms. The van der Waals surface area contributed by atoms with Crippen LogP contribution in [0.1, 0.15) is 16.1 Å². The molecule has 0 spiro atoms. The molecule has 1 aromatic carbocycles. The van der Waals surface area contributed by atoms with Gasteiger partial charge >= 0.3 is 0 Å². The molecule has 112 valence electrons. The summed E-state index contributed by atoms with van der Waals surface area (Å²) in [6.45, 7) is 3.93. The summed E-state index contributed by atoms with van der Waals surface area (Å²) in [5.41, 5.74) is 2.80. The summed E-state index contributed by atoms with van der Waals surface area (Å²) in [4.78, 5) is 17.5. The fourth-order valence-electron chi connectivity index (χ4n) is 2.05. The Balaban J connectivity index is 1.66. The van der Waals surface area contributed by atoms with Gasteiger partial charge in [0.15, 0.2) is 5.13 Å². The number of nitrogens with one attached hydrogen (secondary N) is 1. The molecule has 0 saturated carbocycles. The van der Waals surface area contributed by atoms with Gasteiger partial charge in [0, 0.05) is 11.1 Å². The Kier molecular flexibility index (Phi) is 4.02. The van der Waals surface area contributed by atoms with Crippen LogP contribution in [0.2, 0.25) is 0 Å². The van der Waals surface area contributed by atoms with Crippen LogP contribution in [0, 0.1) is 13.8 Å². The van der Waals surface area contributed by atoms with Crippen molar-refractivity contribution in [3.8, 4) is 5.69 Å². The van der Waals surface area contributed by atoms with Crippen LogP contribution in [-0.4, -0.2) is 20.7 Å². The Hall–Kier alpha value is -2.47. The van der Waals surface area contributed by atoms with Crippen molar-refractivity contribution in [2.45, 2.75) is 20.3 Å². The van der Waals surface area contributed by atoms with Gasteiger partial charge < -0.3 is 5.32 Å². The summed E-state index contributed by atoms with van der Waals surface area (Å²) in [6.07, 6.45) is 3.86. The number of para-hydroxylation sites is 1. The van der Waals surface area contributed by atoms with Crippen LogP contribution in [0.3, 0.4) is 0 Å². The Morgan fingerprint density at radius 1 is 1.27 bits per heavy atom. The van der Waals surface area contributed by atoms with Crippen molar-refractivity contribution in [2.24, 2.45) is 0 Å². The third kappa shape index (κ3) is 3.23. The van der Waals surface area contributed by atoms with Crippen LogP contribution < -0.4 is 5.32 Å². The van der Waals surface area contributed by atoms with E-state index in [-0.39, 0.29) is 12.3 Å².